The number of morpholine rings is 1. The number of benzene rings is 1. The maximum atomic E-state index is 5.64. The molecule has 0 spiro atoms. The predicted molar refractivity (Wildman–Crippen MR) is 89.5 cm³/mol. The molecule has 2 N–H and O–H groups in total. The van der Waals surface area contributed by atoms with E-state index < -0.39 is 0 Å². The van der Waals surface area contributed by atoms with Crippen LogP contribution in [0.5, 0.6) is 0 Å². The lowest BCUT2D eigenvalue weighted by Crippen LogP contribution is -2.50. The molecule has 1 aromatic carbocycles. The van der Waals surface area contributed by atoms with Gasteiger partial charge in [-0.1, -0.05) is 28.4 Å². The highest BCUT2D eigenvalue weighted by molar-refractivity contribution is 9.10. The van der Waals surface area contributed by atoms with E-state index in [9.17, 15) is 0 Å². The van der Waals surface area contributed by atoms with Crippen LogP contribution in [0.2, 0.25) is 0 Å². The summed E-state index contributed by atoms with van der Waals surface area (Å²) < 4.78 is 6.80. The molecule has 0 amide bonds. The van der Waals surface area contributed by atoms with Gasteiger partial charge in [0.1, 0.15) is 0 Å². The Labute approximate surface area is 136 Å². The number of rotatable bonds is 4. The third-order valence-electron chi connectivity index (χ3n) is 4.90. The molecule has 1 saturated carbocycles. The predicted octanol–water partition coefficient (Wildman–Crippen LogP) is 3.00. The van der Waals surface area contributed by atoms with Crippen LogP contribution >= 0.6 is 15.9 Å². The van der Waals surface area contributed by atoms with E-state index in [-0.39, 0.29) is 0 Å². The molecule has 3 nitrogen and oxygen atoms in total. The molecule has 0 radical (unpaired) electrons. The van der Waals surface area contributed by atoms with Crippen LogP contribution in [-0.2, 0) is 11.3 Å². The zero-order valence-electron chi connectivity index (χ0n) is 12.7. The first-order chi connectivity index (χ1) is 10.2. The van der Waals surface area contributed by atoms with Crippen molar-refractivity contribution in [3.8, 4) is 0 Å². The Bertz CT molecular complexity index is 474. The van der Waals surface area contributed by atoms with Gasteiger partial charge in [-0.15, -0.1) is 0 Å². The van der Waals surface area contributed by atoms with E-state index in [2.05, 4.69) is 51.7 Å². The van der Waals surface area contributed by atoms with E-state index >= 15 is 0 Å². The van der Waals surface area contributed by atoms with Crippen molar-refractivity contribution in [2.75, 3.05) is 19.8 Å². The Morgan fingerprint density at radius 2 is 2.29 bits per heavy atom. The fourth-order valence-corrected chi connectivity index (χ4v) is 4.16. The maximum absolute atomic E-state index is 5.64. The number of aryl methyl sites for hydroxylation is 1. The Morgan fingerprint density at radius 3 is 3.05 bits per heavy atom. The lowest BCUT2D eigenvalue weighted by atomic mass is 9.93. The minimum absolute atomic E-state index is 0.532. The maximum Gasteiger partial charge on any atom is 0.0623 e. The smallest absolute Gasteiger partial charge is 0.0623 e. The summed E-state index contributed by atoms with van der Waals surface area (Å²) in [6, 6.07) is 7.70. The fourth-order valence-electron chi connectivity index (χ4n) is 3.68. The van der Waals surface area contributed by atoms with Crippen LogP contribution in [-0.4, -0.2) is 31.8 Å². The summed E-state index contributed by atoms with van der Waals surface area (Å²) >= 11 is 3.53. The van der Waals surface area contributed by atoms with Crippen LogP contribution < -0.4 is 10.6 Å². The van der Waals surface area contributed by atoms with Gasteiger partial charge in [-0.25, -0.2) is 0 Å². The lowest BCUT2D eigenvalue weighted by Gasteiger charge is -2.33. The minimum Gasteiger partial charge on any atom is -0.379 e. The van der Waals surface area contributed by atoms with Crippen molar-refractivity contribution in [2.24, 2.45) is 5.92 Å². The highest BCUT2D eigenvalue weighted by Gasteiger charge is 2.34. The molecular formula is C17H25BrN2O. The van der Waals surface area contributed by atoms with E-state index in [1.165, 1.54) is 30.4 Å². The highest BCUT2D eigenvalue weighted by atomic mass is 79.9. The Kier molecular flexibility index (Phi) is 5.33. The van der Waals surface area contributed by atoms with Gasteiger partial charge in [0, 0.05) is 29.6 Å². The number of hydrogen-bond acceptors (Lipinski definition) is 3. The van der Waals surface area contributed by atoms with Gasteiger partial charge in [0.2, 0.25) is 0 Å². The molecule has 1 aromatic rings. The standard InChI is InChI=1S/C17H25BrN2O/c1-12-9-14(18)6-5-13(12)10-20-16-4-2-3-15(16)17-11-21-8-7-19-17/h5-6,9,15-17,19-20H,2-4,7-8,10-11H2,1H3. The van der Waals surface area contributed by atoms with Crippen molar-refractivity contribution < 1.29 is 4.74 Å². The molecule has 21 heavy (non-hydrogen) atoms. The molecule has 0 bridgehead atoms. The normalized spacial score (nSPS) is 29.7. The molecule has 2 aliphatic rings. The molecule has 116 valence electrons. The molecular weight excluding hydrogens is 328 g/mol. The van der Waals surface area contributed by atoms with Crippen molar-refractivity contribution in [3.05, 3.63) is 33.8 Å². The van der Waals surface area contributed by atoms with E-state index in [4.69, 9.17) is 4.74 Å². The van der Waals surface area contributed by atoms with E-state index in [1.54, 1.807) is 0 Å². The molecule has 3 atom stereocenters. The minimum atomic E-state index is 0.532. The quantitative estimate of drug-likeness (QED) is 0.873. The summed E-state index contributed by atoms with van der Waals surface area (Å²) in [5, 5.41) is 7.43. The lowest BCUT2D eigenvalue weighted by molar-refractivity contribution is 0.0524. The van der Waals surface area contributed by atoms with Crippen molar-refractivity contribution in [1.29, 1.82) is 0 Å². The molecule has 3 rings (SSSR count). The second kappa shape index (κ2) is 7.23. The van der Waals surface area contributed by atoms with Crippen molar-refractivity contribution in [1.82, 2.24) is 10.6 Å². The van der Waals surface area contributed by atoms with Gasteiger partial charge in [-0.2, -0.15) is 0 Å². The van der Waals surface area contributed by atoms with Gasteiger partial charge >= 0.3 is 0 Å². The summed E-state index contributed by atoms with van der Waals surface area (Å²) in [7, 11) is 0. The third kappa shape index (κ3) is 3.86. The van der Waals surface area contributed by atoms with Gasteiger partial charge < -0.3 is 15.4 Å². The fraction of sp³-hybridized carbons (Fsp3) is 0.647. The molecule has 1 aliphatic heterocycles. The molecule has 1 saturated heterocycles. The molecule has 3 unspecified atom stereocenters. The van der Waals surface area contributed by atoms with Crippen LogP contribution in [0.15, 0.2) is 22.7 Å². The second-order valence-electron chi connectivity index (χ2n) is 6.29. The first-order valence-corrected chi connectivity index (χ1v) is 8.83. The van der Waals surface area contributed by atoms with Gasteiger partial charge in [0.25, 0.3) is 0 Å². The summed E-state index contributed by atoms with van der Waals surface area (Å²) in [4.78, 5) is 0. The Hall–Kier alpha value is -0.420. The Morgan fingerprint density at radius 1 is 1.38 bits per heavy atom. The average molecular weight is 353 g/mol. The second-order valence-corrected chi connectivity index (χ2v) is 7.20. The topological polar surface area (TPSA) is 33.3 Å². The summed E-state index contributed by atoms with van der Waals surface area (Å²) in [6.07, 6.45) is 3.94. The van der Waals surface area contributed by atoms with Crippen molar-refractivity contribution in [3.63, 3.8) is 0 Å². The van der Waals surface area contributed by atoms with E-state index in [1.807, 2.05) is 0 Å². The van der Waals surface area contributed by atoms with Crippen LogP contribution in [0.4, 0.5) is 0 Å². The summed E-state index contributed by atoms with van der Waals surface area (Å²) in [5.74, 6) is 0.709. The largest absolute Gasteiger partial charge is 0.379 e. The highest BCUT2D eigenvalue weighted by Crippen LogP contribution is 2.30. The van der Waals surface area contributed by atoms with Crippen LogP contribution in [0.3, 0.4) is 0 Å². The monoisotopic (exact) mass is 352 g/mol. The van der Waals surface area contributed by atoms with E-state index in [0.717, 1.165) is 30.8 Å². The van der Waals surface area contributed by atoms with E-state index in [0.29, 0.717) is 18.0 Å². The molecule has 0 aromatic heterocycles. The SMILES string of the molecule is Cc1cc(Br)ccc1CNC1CCCC1C1COCCN1. The first-order valence-electron chi connectivity index (χ1n) is 8.03. The summed E-state index contributed by atoms with van der Waals surface area (Å²) in [6.45, 7) is 5.89. The van der Waals surface area contributed by atoms with Crippen molar-refractivity contribution >= 4 is 15.9 Å². The molecule has 1 heterocycles. The number of nitrogens with one attached hydrogen (secondary N) is 2. The van der Waals surface area contributed by atoms with Gasteiger partial charge in [-0.3, -0.25) is 0 Å². The Balaban J connectivity index is 1.58. The zero-order chi connectivity index (χ0) is 14.7. The van der Waals surface area contributed by atoms with Gasteiger partial charge in [-0.05, 0) is 48.9 Å². The van der Waals surface area contributed by atoms with Crippen molar-refractivity contribution in [2.45, 2.75) is 44.8 Å². The number of halogens is 1. The first kappa shape index (κ1) is 15.5. The zero-order valence-corrected chi connectivity index (χ0v) is 14.3. The molecule has 1 aliphatic carbocycles. The molecule has 4 heteroatoms. The molecule has 2 fully saturated rings. The van der Waals surface area contributed by atoms with Gasteiger partial charge in [0.15, 0.2) is 0 Å². The number of ether oxygens (including phenoxy) is 1. The number of hydrogen-bond donors (Lipinski definition) is 2. The third-order valence-corrected chi connectivity index (χ3v) is 5.39. The van der Waals surface area contributed by atoms with Crippen LogP contribution in [0, 0.1) is 12.8 Å². The van der Waals surface area contributed by atoms with Crippen LogP contribution in [0.25, 0.3) is 0 Å². The van der Waals surface area contributed by atoms with Crippen LogP contribution in [0.1, 0.15) is 30.4 Å². The van der Waals surface area contributed by atoms with Gasteiger partial charge in [0.05, 0.1) is 13.2 Å². The average Bonchev–Trinajstić information content (AvgIpc) is 2.96. The summed E-state index contributed by atoms with van der Waals surface area (Å²) in [5.41, 5.74) is 2.75.